The van der Waals surface area contributed by atoms with Gasteiger partial charge in [-0.1, -0.05) is 90.7 Å². The summed E-state index contributed by atoms with van der Waals surface area (Å²) in [6, 6.07) is -1.67. The Kier molecular flexibility index (Phi) is 1.97. The summed E-state index contributed by atoms with van der Waals surface area (Å²) in [4.78, 5) is 0. The molecule has 1 aliphatic rings. The minimum Gasteiger partial charge on any atom is -0.456 e. The minimum atomic E-state index is -0.732. The minimum absolute atomic E-state index is 0.0843. The standard InChI is InChI=1S/C34H21NO/c1-2-10-22(11-3-1)35-30-18-6-4-12-24(30)29-17-9-16-28(34(29)35)23-20-21-32-33-26(23)14-8-15-27(33)25-13-5-7-19-31(25)36-32/h1-21H/i1D,2D,3D,4D,5D,6D,7D,9D,10D,11D,12D,13D,16D,17D,18D,19D. The summed E-state index contributed by atoms with van der Waals surface area (Å²) in [5.74, 6) is 0.127. The Morgan fingerprint density at radius 3 is 2.25 bits per heavy atom. The lowest BCUT2D eigenvalue weighted by molar-refractivity contribution is 0.487. The molecule has 7 aromatic rings. The van der Waals surface area contributed by atoms with Gasteiger partial charge in [0.25, 0.3) is 0 Å². The van der Waals surface area contributed by atoms with Crippen LogP contribution in [-0.4, -0.2) is 4.57 Å². The Morgan fingerprint density at radius 2 is 1.31 bits per heavy atom. The van der Waals surface area contributed by atoms with E-state index in [0.717, 1.165) is 4.57 Å². The van der Waals surface area contributed by atoms with Crippen LogP contribution in [-0.2, 0) is 0 Å². The predicted molar refractivity (Wildman–Crippen MR) is 149 cm³/mol. The lowest BCUT2D eigenvalue weighted by Crippen LogP contribution is -1.98. The maximum atomic E-state index is 9.26. The van der Waals surface area contributed by atoms with Gasteiger partial charge in [-0.2, -0.15) is 0 Å². The molecule has 0 aliphatic carbocycles. The van der Waals surface area contributed by atoms with Gasteiger partial charge in [0.05, 0.1) is 33.0 Å². The zero-order chi connectivity index (χ0) is 37.6. The van der Waals surface area contributed by atoms with Crippen LogP contribution in [0.3, 0.4) is 0 Å². The molecule has 36 heavy (non-hydrogen) atoms. The van der Waals surface area contributed by atoms with E-state index >= 15 is 0 Å². The number of hydrogen-bond donors (Lipinski definition) is 0. The smallest absolute Gasteiger partial charge is 0.135 e. The second kappa shape index (κ2) is 7.34. The summed E-state index contributed by atoms with van der Waals surface area (Å²) in [6.07, 6.45) is 0. The molecular weight excluding hydrogens is 438 g/mol. The van der Waals surface area contributed by atoms with E-state index in [1.165, 1.54) is 12.1 Å². The quantitative estimate of drug-likeness (QED) is 0.243. The van der Waals surface area contributed by atoms with Gasteiger partial charge in [0, 0.05) is 33.0 Å². The first-order valence-corrected chi connectivity index (χ1v) is 11.0. The summed E-state index contributed by atoms with van der Waals surface area (Å²) >= 11 is 0. The molecule has 6 aromatic carbocycles. The Hall–Kier alpha value is -4.82. The van der Waals surface area contributed by atoms with Crippen LogP contribution in [0.1, 0.15) is 21.9 Å². The van der Waals surface area contributed by atoms with Crippen LogP contribution in [0.25, 0.3) is 60.5 Å². The predicted octanol–water partition coefficient (Wildman–Crippen LogP) is 9.38. The van der Waals surface area contributed by atoms with E-state index in [0.29, 0.717) is 16.3 Å². The van der Waals surface area contributed by atoms with Crippen molar-refractivity contribution in [1.82, 2.24) is 4.57 Å². The van der Waals surface area contributed by atoms with Crippen LogP contribution < -0.4 is 4.74 Å². The summed E-state index contributed by atoms with van der Waals surface area (Å²) in [7, 11) is 0. The molecule has 8 rings (SSSR count). The number of ether oxygens (including phenoxy) is 1. The highest BCUT2D eigenvalue weighted by Crippen LogP contribution is 2.49. The summed E-state index contributed by atoms with van der Waals surface area (Å²) in [5, 5.41) is 0.281. The van der Waals surface area contributed by atoms with Gasteiger partial charge in [-0.25, -0.2) is 0 Å². The van der Waals surface area contributed by atoms with Gasteiger partial charge in [0.2, 0.25) is 0 Å². The van der Waals surface area contributed by atoms with E-state index in [1.807, 2.05) is 0 Å². The van der Waals surface area contributed by atoms with Crippen LogP contribution in [0.2, 0.25) is 0 Å². The van der Waals surface area contributed by atoms with E-state index in [1.54, 1.807) is 18.2 Å². The largest absolute Gasteiger partial charge is 0.456 e. The maximum Gasteiger partial charge on any atom is 0.135 e. The molecule has 1 aromatic heterocycles. The van der Waals surface area contributed by atoms with Gasteiger partial charge in [-0.15, -0.1) is 0 Å². The highest BCUT2D eigenvalue weighted by Gasteiger charge is 2.23. The van der Waals surface area contributed by atoms with E-state index in [-0.39, 0.29) is 62.1 Å². The monoisotopic (exact) mass is 475 g/mol. The van der Waals surface area contributed by atoms with Crippen LogP contribution in [0.15, 0.2) is 127 Å². The number of para-hydroxylation sites is 4. The number of nitrogens with zero attached hydrogens (tertiary/aromatic N) is 1. The number of rotatable bonds is 2. The maximum absolute atomic E-state index is 9.26. The zero-order valence-electron chi connectivity index (χ0n) is 34.2. The van der Waals surface area contributed by atoms with Crippen molar-refractivity contribution < 1.29 is 26.7 Å². The van der Waals surface area contributed by atoms with Crippen molar-refractivity contribution in [3.8, 4) is 39.4 Å². The van der Waals surface area contributed by atoms with Crippen molar-refractivity contribution in [2.24, 2.45) is 0 Å². The molecule has 168 valence electrons. The molecule has 0 unspecified atom stereocenters. The van der Waals surface area contributed by atoms with E-state index in [4.69, 9.17) is 25.3 Å². The molecule has 2 heteroatoms. The van der Waals surface area contributed by atoms with Crippen molar-refractivity contribution in [3.05, 3.63) is 127 Å². The third kappa shape index (κ3) is 2.61. The van der Waals surface area contributed by atoms with Gasteiger partial charge in [-0.05, 0) is 52.8 Å². The van der Waals surface area contributed by atoms with Gasteiger partial charge < -0.3 is 9.30 Å². The topological polar surface area (TPSA) is 14.2 Å². The highest BCUT2D eigenvalue weighted by molar-refractivity contribution is 6.17. The third-order valence-corrected chi connectivity index (χ3v) is 6.33. The van der Waals surface area contributed by atoms with Crippen molar-refractivity contribution in [3.63, 3.8) is 0 Å². The van der Waals surface area contributed by atoms with E-state index < -0.39 is 90.3 Å². The van der Waals surface area contributed by atoms with Crippen molar-refractivity contribution in [2.45, 2.75) is 0 Å². The number of benzene rings is 6. The first-order chi connectivity index (χ1) is 24.5. The summed E-state index contributed by atoms with van der Waals surface area (Å²) < 4.78 is 146. The SMILES string of the molecule is [2H]c1c([2H])c([2H])c(-n2c3c([2H])c([2H])c([2H])c([2H])c3c3c([2H])c([2H])c([2H])c(-c4ccc5c6c(cccc46)-c4c([2H])c([2H])c([2H])c([2H])c4O5)c32)c([2H])c1[2H]. The van der Waals surface area contributed by atoms with Gasteiger partial charge >= 0.3 is 0 Å². The van der Waals surface area contributed by atoms with Crippen LogP contribution in [0.5, 0.6) is 11.5 Å². The molecule has 1 aliphatic heterocycles. The highest BCUT2D eigenvalue weighted by atomic mass is 16.5. The first kappa shape index (κ1) is 9.67. The number of hydrogen-bond acceptors (Lipinski definition) is 1. The Balaban J connectivity index is 1.64. The normalized spacial score (nSPS) is 18.3. The fraction of sp³-hybridized carbons (Fsp3) is 0. The van der Waals surface area contributed by atoms with Crippen molar-refractivity contribution in [1.29, 1.82) is 0 Å². The average Bonchev–Trinajstić information content (AvgIpc) is 3.48. The van der Waals surface area contributed by atoms with Crippen LogP contribution in [0, 0.1) is 0 Å². The lowest BCUT2D eigenvalue weighted by atomic mass is 9.90. The molecule has 0 bridgehead atoms. The number of fused-ring (bicyclic) bond motifs is 5. The molecule has 2 nitrogen and oxygen atoms in total. The van der Waals surface area contributed by atoms with Crippen molar-refractivity contribution >= 4 is 32.6 Å². The lowest BCUT2D eigenvalue weighted by Gasteiger charge is -2.22. The zero-order valence-corrected chi connectivity index (χ0v) is 18.2. The van der Waals surface area contributed by atoms with E-state index in [2.05, 4.69) is 0 Å². The van der Waals surface area contributed by atoms with Crippen LogP contribution >= 0.6 is 0 Å². The summed E-state index contributed by atoms with van der Waals surface area (Å²) in [6.45, 7) is 0. The molecule has 0 radical (unpaired) electrons. The molecule has 0 saturated heterocycles. The fourth-order valence-corrected chi connectivity index (χ4v) is 4.91. The second-order valence-corrected chi connectivity index (χ2v) is 8.15. The van der Waals surface area contributed by atoms with Crippen LogP contribution in [0.4, 0.5) is 0 Å². The van der Waals surface area contributed by atoms with Gasteiger partial charge in [0.1, 0.15) is 11.5 Å². The molecule has 0 fully saturated rings. The Morgan fingerprint density at radius 1 is 0.528 bits per heavy atom. The Labute approximate surface area is 231 Å². The molecule has 0 spiro atoms. The molecule has 2 heterocycles. The fourth-order valence-electron chi connectivity index (χ4n) is 4.91. The summed E-state index contributed by atoms with van der Waals surface area (Å²) in [5.41, 5.74) is -0.410. The van der Waals surface area contributed by atoms with E-state index in [9.17, 15) is 1.37 Å². The first-order valence-electron chi connectivity index (χ1n) is 19.0. The average molecular weight is 476 g/mol. The number of aromatic nitrogens is 1. The molecular formula is C34H21NO. The molecule has 0 saturated carbocycles. The second-order valence-electron chi connectivity index (χ2n) is 8.15. The van der Waals surface area contributed by atoms with Gasteiger partial charge in [-0.3, -0.25) is 0 Å². The van der Waals surface area contributed by atoms with Crippen molar-refractivity contribution in [2.75, 3.05) is 0 Å². The van der Waals surface area contributed by atoms with Gasteiger partial charge in [0.15, 0.2) is 0 Å². The molecule has 0 atom stereocenters. The molecule has 0 N–H and O–H groups in total. The third-order valence-electron chi connectivity index (χ3n) is 6.33. The Bertz CT molecular complexity index is 2820. The molecule has 0 amide bonds.